The Morgan fingerprint density at radius 2 is 2.00 bits per heavy atom. The number of benzene rings is 1. The molecule has 0 spiro atoms. The van der Waals surface area contributed by atoms with E-state index >= 15 is 0 Å². The molecule has 1 amide bonds. The third-order valence-corrected chi connectivity index (χ3v) is 4.96. The smallest absolute Gasteiger partial charge is 0.278 e. The van der Waals surface area contributed by atoms with Crippen molar-refractivity contribution in [1.29, 1.82) is 0 Å². The Balaban J connectivity index is 2.47. The first-order valence-electron chi connectivity index (χ1n) is 7.88. The van der Waals surface area contributed by atoms with E-state index in [2.05, 4.69) is 10.8 Å². The normalized spacial score (nSPS) is 10.6. The van der Waals surface area contributed by atoms with Gasteiger partial charge in [-0.15, -0.1) is 11.3 Å². The SMILES string of the molecule is CCONC(=O)c1c(Nc2ccc(C)cc2CF)sc(C(C)=O)c1C. The average molecular weight is 364 g/mol. The van der Waals surface area contributed by atoms with Gasteiger partial charge in [-0.05, 0) is 39.3 Å². The van der Waals surface area contributed by atoms with E-state index in [-0.39, 0.29) is 5.78 Å². The Morgan fingerprint density at radius 3 is 2.60 bits per heavy atom. The number of alkyl halides is 1. The van der Waals surface area contributed by atoms with Gasteiger partial charge in [-0.3, -0.25) is 14.4 Å². The number of anilines is 2. The minimum Gasteiger partial charge on any atom is -0.346 e. The lowest BCUT2D eigenvalue weighted by molar-refractivity contribution is 0.0365. The molecule has 1 aromatic carbocycles. The number of aryl methyl sites for hydroxylation is 1. The van der Waals surface area contributed by atoms with E-state index < -0.39 is 12.6 Å². The van der Waals surface area contributed by atoms with E-state index in [9.17, 15) is 14.0 Å². The fourth-order valence-corrected chi connectivity index (χ4v) is 3.59. The number of carbonyl (C=O) groups is 2. The molecule has 0 unspecified atom stereocenters. The van der Waals surface area contributed by atoms with Crippen LogP contribution >= 0.6 is 11.3 Å². The summed E-state index contributed by atoms with van der Waals surface area (Å²) >= 11 is 1.17. The van der Waals surface area contributed by atoms with Crippen molar-refractivity contribution in [2.24, 2.45) is 0 Å². The first kappa shape index (κ1) is 19.1. The second kappa shape index (κ2) is 8.22. The van der Waals surface area contributed by atoms with Crippen LogP contribution in [-0.4, -0.2) is 18.3 Å². The van der Waals surface area contributed by atoms with Crippen LogP contribution in [0.4, 0.5) is 15.1 Å². The van der Waals surface area contributed by atoms with Crippen molar-refractivity contribution in [2.45, 2.75) is 34.4 Å². The van der Waals surface area contributed by atoms with Gasteiger partial charge >= 0.3 is 0 Å². The summed E-state index contributed by atoms with van der Waals surface area (Å²) in [6.45, 7) is 6.49. The number of nitrogens with one attached hydrogen (secondary N) is 2. The molecule has 5 nitrogen and oxygen atoms in total. The zero-order chi connectivity index (χ0) is 18.6. The molecule has 0 atom stereocenters. The first-order valence-corrected chi connectivity index (χ1v) is 8.69. The second-order valence-corrected chi connectivity index (χ2v) is 6.62. The highest BCUT2D eigenvalue weighted by molar-refractivity contribution is 7.18. The molecule has 7 heteroatoms. The van der Waals surface area contributed by atoms with Crippen LogP contribution in [0.1, 0.15) is 50.6 Å². The van der Waals surface area contributed by atoms with Crippen molar-refractivity contribution >= 4 is 33.7 Å². The number of hydrogen-bond donors (Lipinski definition) is 2. The second-order valence-electron chi connectivity index (χ2n) is 5.60. The topological polar surface area (TPSA) is 67.4 Å². The van der Waals surface area contributed by atoms with Crippen molar-refractivity contribution in [1.82, 2.24) is 5.48 Å². The van der Waals surface area contributed by atoms with Crippen molar-refractivity contribution in [3.8, 4) is 0 Å². The Bertz CT molecular complexity index is 802. The van der Waals surface area contributed by atoms with Gasteiger partial charge in [0.2, 0.25) is 0 Å². The minimum absolute atomic E-state index is 0.129. The van der Waals surface area contributed by atoms with Gasteiger partial charge in [0.05, 0.1) is 17.0 Å². The quantitative estimate of drug-likeness (QED) is 0.562. The number of rotatable bonds is 7. The fourth-order valence-electron chi connectivity index (χ4n) is 2.48. The molecule has 2 aromatic rings. The van der Waals surface area contributed by atoms with E-state index in [0.717, 1.165) is 5.56 Å². The van der Waals surface area contributed by atoms with Gasteiger partial charge in [0.25, 0.3) is 5.91 Å². The number of ketones is 1. The van der Waals surface area contributed by atoms with Gasteiger partial charge in [0.15, 0.2) is 5.78 Å². The zero-order valence-electron chi connectivity index (χ0n) is 14.7. The summed E-state index contributed by atoms with van der Waals surface area (Å²) in [5.41, 5.74) is 5.25. The third kappa shape index (κ3) is 4.24. The molecule has 0 fully saturated rings. The molecule has 134 valence electrons. The summed E-state index contributed by atoms with van der Waals surface area (Å²) in [7, 11) is 0. The Hall–Kier alpha value is -2.25. The molecule has 0 saturated carbocycles. The summed E-state index contributed by atoms with van der Waals surface area (Å²) in [5, 5.41) is 3.59. The summed E-state index contributed by atoms with van der Waals surface area (Å²) in [4.78, 5) is 29.7. The number of carbonyl (C=O) groups excluding carboxylic acids is 2. The average Bonchev–Trinajstić information content (AvgIpc) is 2.90. The van der Waals surface area contributed by atoms with Crippen LogP contribution in [-0.2, 0) is 11.5 Å². The van der Waals surface area contributed by atoms with Crippen LogP contribution in [0, 0.1) is 13.8 Å². The number of halogens is 1. The van der Waals surface area contributed by atoms with Gasteiger partial charge in [0, 0.05) is 11.3 Å². The van der Waals surface area contributed by atoms with Crippen molar-refractivity contribution < 1.29 is 18.8 Å². The van der Waals surface area contributed by atoms with Gasteiger partial charge in [-0.25, -0.2) is 9.87 Å². The maximum Gasteiger partial charge on any atom is 0.278 e. The summed E-state index contributed by atoms with van der Waals surface area (Å²) in [5.74, 6) is -0.574. The summed E-state index contributed by atoms with van der Waals surface area (Å²) in [6.07, 6.45) is 0. The van der Waals surface area contributed by atoms with E-state index in [0.29, 0.717) is 38.9 Å². The summed E-state index contributed by atoms with van der Waals surface area (Å²) < 4.78 is 13.3. The van der Waals surface area contributed by atoms with Crippen molar-refractivity contribution in [3.05, 3.63) is 45.3 Å². The fraction of sp³-hybridized carbons (Fsp3) is 0.333. The van der Waals surface area contributed by atoms with E-state index in [4.69, 9.17) is 4.84 Å². The molecule has 25 heavy (non-hydrogen) atoms. The molecule has 1 heterocycles. The number of hydrogen-bond acceptors (Lipinski definition) is 5. The lowest BCUT2D eigenvalue weighted by atomic mass is 10.1. The van der Waals surface area contributed by atoms with Crippen LogP contribution < -0.4 is 10.8 Å². The lowest BCUT2D eigenvalue weighted by Gasteiger charge is -2.12. The largest absolute Gasteiger partial charge is 0.346 e. The predicted octanol–water partition coefficient (Wildman–Crippen LogP) is 4.46. The standard InChI is InChI=1S/C18H21FN2O3S/c1-5-24-21-17(23)15-11(3)16(12(4)22)25-18(15)20-14-7-6-10(2)8-13(14)9-19/h6-8,20H,5,9H2,1-4H3,(H,21,23). The van der Waals surface area contributed by atoms with Gasteiger partial charge in [-0.2, -0.15) is 0 Å². The van der Waals surface area contributed by atoms with Crippen LogP contribution in [0.3, 0.4) is 0 Å². The zero-order valence-corrected chi connectivity index (χ0v) is 15.5. The third-order valence-electron chi connectivity index (χ3n) is 3.66. The monoisotopic (exact) mass is 364 g/mol. The van der Waals surface area contributed by atoms with Gasteiger partial charge < -0.3 is 5.32 Å². The molecule has 0 bridgehead atoms. The Kier molecular flexibility index (Phi) is 6.27. The highest BCUT2D eigenvalue weighted by atomic mass is 32.1. The highest BCUT2D eigenvalue weighted by Crippen LogP contribution is 2.36. The molecule has 0 radical (unpaired) electrons. The lowest BCUT2D eigenvalue weighted by Crippen LogP contribution is -2.24. The van der Waals surface area contributed by atoms with Crippen LogP contribution in [0.2, 0.25) is 0 Å². The summed E-state index contributed by atoms with van der Waals surface area (Å²) in [6, 6.07) is 5.36. The van der Waals surface area contributed by atoms with Crippen LogP contribution in [0.25, 0.3) is 0 Å². The predicted molar refractivity (Wildman–Crippen MR) is 97.4 cm³/mol. The first-order chi connectivity index (χ1) is 11.9. The number of thiophene rings is 1. The maximum absolute atomic E-state index is 13.3. The molecule has 0 aliphatic rings. The number of amides is 1. The van der Waals surface area contributed by atoms with E-state index in [1.165, 1.54) is 18.3 Å². The highest BCUT2D eigenvalue weighted by Gasteiger charge is 2.24. The van der Waals surface area contributed by atoms with E-state index in [1.807, 2.05) is 13.0 Å². The van der Waals surface area contributed by atoms with Crippen LogP contribution in [0.5, 0.6) is 0 Å². The molecular formula is C18H21FN2O3S. The molecule has 0 aliphatic heterocycles. The molecule has 2 N–H and O–H groups in total. The molecule has 0 aliphatic carbocycles. The number of hydroxylamine groups is 1. The molecule has 0 saturated heterocycles. The molecule has 2 rings (SSSR count). The van der Waals surface area contributed by atoms with Gasteiger partial charge in [0.1, 0.15) is 11.7 Å². The van der Waals surface area contributed by atoms with Gasteiger partial charge in [-0.1, -0.05) is 17.7 Å². The van der Waals surface area contributed by atoms with Crippen molar-refractivity contribution in [2.75, 3.05) is 11.9 Å². The van der Waals surface area contributed by atoms with Crippen LogP contribution in [0.15, 0.2) is 18.2 Å². The minimum atomic E-state index is -0.631. The Morgan fingerprint density at radius 1 is 1.28 bits per heavy atom. The molecule has 1 aromatic heterocycles. The number of Topliss-reactive ketones (excluding diaryl/α,β-unsaturated/α-hetero) is 1. The maximum atomic E-state index is 13.3. The molecular weight excluding hydrogens is 343 g/mol. The van der Waals surface area contributed by atoms with Crippen molar-refractivity contribution in [3.63, 3.8) is 0 Å². The van der Waals surface area contributed by atoms with E-state index in [1.54, 1.807) is 26.0 Å². The Labute approximate surface area is 150 Å².